The SMILES string of the molecule is CCC1CCN(c2ccc(Br)cc2[N+](=O)[O-])C(CN)C1. The molecule has 20 heavy (non-hydrogen) atoms. The normalized spacial score (nSPS) is 22.9. The Labute approximate surface area is 127 Å². The van der Waals surface area contributed by atoms with Gasteiger partial charge in [0, 0.05) is 29.7 Å². The van der Waals surface area contributed by atoms with Crippen LogP contribution in [0.4, 0.5) is 11.4 Å². The van der Waals surface area contributed by atoms with E-state index in [-0.39, 0.29) is 16.7 Å². The van der Waals surface area contributed by atoms with E-state index in [1.807, 2.05) is 12.1 Å². The summed E-state index contributed by atoms with van der Waals surface area (Å²) in [5.74, 6) is 0.675. The molecule has 1 aliphatic heterocycles. The highest BCUT2D eigenvalue weighted by Gasteiger charge is 2.30. The van der Waals surface area contributed by atoms with Crippen molar-refractivity contribution < 1.29 is 4.92 Å². The second-order valence-electron chi connectivity index (χ2n) is 5.27. The number of anilines is 1. The van der Waals surface area contributed by atoms with Crippen LogP contribution in [0.1, 0.15) is 26.2 Å². The average molecular weight is 342 g/mol. The number of piperidine rings is 1. The molecule has 1 aliphatic rings. The summed E-state index contributed by atoms with van der Waals surface area (Å²) in [6, 6.07) is 5.42. The van der Waals surface area contributed by atoms with E-state index in [2.05, 4.69) is 27.8 Å². The highest BCUT2D eigenvalue weighted by Crippen LogP contribution is 2.36. The Balaban J connectivity index is 2.33. The fourth-order valence-electron chi connectivity index (χ4n) is 2.93. The van der Waals surface area contributed by atoms with Crippen molar-refractivity contribution in [1.82, 2.24) is 0 Å². The van der Waals surface area contributed by atoms with Gasteiger partial charge in [0.15, 0.2) is 0 Å². The average Bonchev–Trinajstić information content (AvgIpc) is 2.46. The van der Waals surface area contributed by atoms with E-state index in [0.29, 0.717) is 18.2 Å². The van der Waals surface area contributed by atoms with Crippen LogP contribution in [0.15, 0.2) is 22.7 Å². The van der Waals surface area contributed by atoms with E-state index in [1.165, 1.54) is 0 Å². The Kier molecular flexibility index (Phi) is 4.99. The molecule has 5 nitrogen and oxygen atoms in total. The number of hydrogen-bond donors (Lipinski definition) is 1. The highest BCUT2D eigenvalue weighted by molar-refractivity contribution is 9.10. The van der Waals surface area contributed by atoms with Gasteiger partial charge in [-0.3, -0.25) is 10.1 Å². The number of nitrogens with zero attached hydrogens (tertiary/aromatic N) is 2. The third-order valence-corrected chi connectivity index (χ3v) is 4.61. The van der Waals surface area contributed by atoms with Gasteiger partial charge in [0.25, 0.3) is 5.69 Å². The Bertz CT molecular complexity index is 495. The van der Waals surface area contributed by atoms with Crippen LogP contribution in [0, 0.1) is 16.0 Å². The summed E-state index contributed by atoms with van der Waals surface area (Å²) in [5.41, 5.74) is 6.71. The van der Waals surface area contributed by atoms with Crippen LogP contribution < -0.4 is 10.6 Å². The molecule has 1 aromatic rings. The maximum absolute atomic E-state index is 11.3. The van der Waals surface area contributed by atoms with Crippen molar-refractivity contribution >= 4 is 27.3 Å². The Morgan fingerprint density at radius 2 is 2.30 bits per heavy atom. The standard InChI is InChI=1S/C14H20BrN3O2/c1-2-10-5-6-17(12(7-10)9-16)13-4-3-11(15)8-14(13)18(19)20/h3-4,8,10,12H,2,5-7,9,16H2,1H3. The second-order valence-corrected chi connectivity index (χ2v) is 6.19. The highest BCUT2D eigenvalue weighted by atomic mass is 79.9. The number of halogens is 1. The first-order valence-corrected chi connectivity index (χ1v) is 7.76. The Morgan fingerprint density at radius 3 is 2.90 bits per heavy atom. The molecule has 1 heterocycles. The number of nitro groups is 1. The van der Waals surface area contributed by atoms with Gasteiger partial charge in [-0.05, 0) is 30.9 Å². The number of hydrogen-bond acceptors (Lipinski definition) is 4. The third-order valence-electron chi connectivity index (χ3n) is 4.12. The van der Waals surface area contributed by atoms with Gasteiger partial charge in [0.05, 0.1) is 4.92 Å². The van der Waals surface area contributed by atoms with Crippen molar-refractivity contribution in [2.24, 2.45) is 11.7 Å². The molecule has 1 saturated heterocycles. The van der Waals surface area contributed by atoms with Crippen molar-refractivity contribution in [3.8, 4) is 0 Å². The zero-order valence-corrected chi connectivity index (χ0v) is 13.2. The predicted octanol–water partition coefficient (Wildman–Crippen LogP) is 3.31. The van der Waals surface area contributed by atoms with Gasteiger partial charge in [-0.25, -0.2) is 0 Å². The van der Waals surface area contributed by atoms with Crippen LogP contribution in [0.5, 0.6) is 0 Å². The van der Waals surface area contributed by atoms with Crippen molar-refractivity contribution in [3.63, 3.8) is 0 Å². The lowest BCUT2D eigenvalue weighted by Crippen LogP contribution is -2.47. The van der Waals surface area contributed by atoms with Gasteiger partial charge in [0.2, 0.25) is 0 Å². The van der Waals surface area contributed by atoms with E-state index in [0.717, 1.165) is 30.3 Å². The lowest BCUT2D eigenvalue weighted by Gasteiger charge is -2.40. The molecule has 1 aromatic carbocycles. The minimum Gasteiger partial charge on any atom is -0.362 e. The topological polar surface area (TPSA) is 72.4 Å². The maximum Gasteiger partial charge on any atom is 0.293 e. The van der Waals surface area contributed by atoms with Crippen LogP contribution in [0.3, 0.4) is 0 Å². The summed E-state index contributed by atoms with van der Waals surface area (Å²) in [5, 5.41) is 11.3. The zero-order valence-electron chi connectivity index (χ0n) is 11.6. The third kappa shape index (κ3) is 3.12. The summed E-state index contributed by atoms with van der Waals surface area (Å²) in [7, 11) is 0. The summed E-state index contributed by atoms with van der Waals surface area (Å²) >= 11 is 3.29. The van der Waals surface area contributed by atoms with E-state index >= 15 is 0 Å². The molecule has 0 aliphatic carbocycles. The largest absolute Gasteiger partial charge is 0.362 e. The van der Waals surface area contributed by atoms with Crippen LogP contribution >= 0.6 is 15.9 Å². The maximum atomic E-state index is 11.3. The fourth-order valence-corrected chi connectivity index (χ4v) is 3.28. The molecule has 0 bridgehead atoms. The van der Waals surface area contributed by atoms with Crippen molar-refractivity contribution in [3.05, 3.63) is 32.8 Å². The summed E-state index contributed by atoms with van der Waals surface area (Å²) in [4.78, 5) is 13.0. The number of nitrogens with two attached hydrogens (primary N) is 1. The number of benzene rings is 1. The molecule has 2 rings (SSSR count). The molecule has 0 spiro atoms. The minimum atomic E-state index is -0.320. The first-order chi connectivity index (χ1) is 9.56. The van der Waals surface area contributed by atoms with Crippen LogP contribution in [0.2, 0.25) is 0 Å². The summed E-state index contributed by atoms with van der Waals surface area (Å²) in [6.45, 7) is 3.56. The van der Waals surface area contributed by atoms with E-state index < -0.39 is 0 Å². The Hall–Kier alpha value is -1.14. The predicted molar refractivity (Wildman–Crippen MR) is 84.0 cm³/mol. The van der Waals surface area contributed by atoms with Gasteiger partial charge < -0.3 is 10.6 Å². The lowest BCUT2D eigenvalue weighted by atomic mass is 9.88. The molecule has 0 amide bonds. The molecule has 0 radical (unpaired) electrons. The molecule has 6 heteroatoms. The van der Waals surface area contributed by atoms with E-state index in [1.54, 1.807) is 6.07 Å². The van der Waals surface area contributed by atoms with Gasteiger partial charge in [-0.2, -0.15) is 0 Å². The van der Waals surface area contributed by atoms with Crippen LogP contribution in [0.25, 0.3) is 0 Å². The van der Waals surface area contributed by atoms with Gasteiger partial charge >= 0.3 is 0 Å². The number of rotatable bonds is 4. The molecule has 1 fully saturated rings. The molecule has 2 unspecified atom stereocenters. The molecule has 0 saturated carbocycles. The molecule has 2 N–H and O–H groups in total. The molecular weight excluding hydrogens is 322 g/mol. The minimum absolute atomic E-state index is 0.146. The first kappa shape index (κ1) is 15.3. The summed E-state index contributed by atoms with van der Waals surface area (Å²) in [6.07, 6.45) is 3.23. The lowest BCUT2D eigenvalue weighted by molar-refractivity contribution is -0.384. The molecule has 0 aromatic heterocycles. The quantitative estimate of drug-likeness (QED) is 0.673. The molecule has 2 atom stereocenters. The number of nitro benzene ring substituents is 1. The second kappa shape index (κ2) is 6.54. The van der Waals surface area contributed by atoms with Gasteiger partial charge in [-0.1, -0.05) is 29.3 Å². The Morgan fingerprint density at radius 1 is 1.55 bits per heavy atom. The molecular formula is C14H20BrN3O2. The van der Waals surface area contributed by atoms with Gasteiger partial charge in [-0.15, -0.1) is 0 Å². The zero-order chi connectivity index (χ0) is 14.7. The first-order valence-electron chi connectivity index (χ1n) is 6.97. The smallest absolute Gasteiger partial charge is 0.293 e. The monoisotopic (exact) mass is 341 g/mol. The van der Waals surface area contributed by atoms with Gasteiger partial charge in [0.1, 0.15) is 5.69 Å². The summed E-state index contributed by atoms with van der Waals surface area (Å²) < 4.78 is 0.723. The van der Waals surface area contributed by atoms with Crippen molar-refractivity contribution in [2.45, 2.75) is 32.2 Å². The molecule has 110 valence electrons. The van der Waals surface area contributed by atoms with E-state index in [9.17, 15) is 10.1 Å². The van der Waals surface area contributed by atoms with Crippen molar-refractivity contribution in [2.75, 3.05) is 18.0 Å². The van der Waals surface area contributed by atoms with Crippen molar-refractivity contribution in [1.29, 1.82) is 0 Å². The van der Waals surface area contributed by atoms with E-state index in [4.69, 9.17) is 5.73 Å². The van der Waals surface area contributed by atoms with Crippen LogP contribution in [-0.4, -0.2) is 24.1 Å². The fraction of sp³-hybridized carbons (Fsp3) is 0.571. The van der Waals surface area contributed by atoms with Crippen LogP contribution in [-0.2, 0) is 0 Å².